The Morgan fingerprint density at radius 2 is 2.17 bits per heavy atom. The molecule has 0 rings (SSSR count). The number of hydrogen-bond donors (Lipinski definition) is 1. The van der Waals surface area contributed by atoms with E-state index in [2.05, 4.69) is 13.8 Å². The van der Waals surface area contributed by atoms with Crippen molar-refractivity contribution in [2.75, 3.05) is 0 Å². The minimum Gasteiger partial charge on any atom is -0.366 e. The first-order valence-corrected chi connectivity index (χ1v) is 4.54. The van der Waals surface area contributed by atoms with Gasteiger partial charge in [0.2, 0.25) is 5.91 Å². The fraction of sp³-hybridized carbons (Fsp3) is 0.700. The van der Waals surface area contributed by atoms with Crippen molar-refractivity contribution in [3.8, 4) is 0 Å². The monoisotopic (exact) mass is 169 g/mol. The molecular formula is C10H19NO. The van der Waals surface area contributed by atoms with Gasteiger partial charge in [-0.2, -0.15) is 0 Å². The van der Waals surface area contributed by atoms with Gasteiger partial charge in [0, 0.05) is 5.57 Å². The van der Waals surface area contributed by atoms with Crippen molar-refractivity contribution in [3.05, 3.63) is 11.6 Å². The summed E-state index contributed by atoms with van der Waals surface area (Å²) >= 11 is 0. The SMILES string of the molecule is CCC(C)CC/C=C(\C)C(N)=O. The summed E-state index contributed by atoms with van der Waals surface area (Å²) in [5.41, 5.74) is 5.76. The number of amides is 1. The van der Waals surface area contributed by atoms with Crippen molar-refractivity contribution in [1.29, 1.82) is 0 Å². The largest absolute Gasteiger partial charge is 0.366 e. The van der Waals surface area contributed by atoms with Crippen LogP contribution in [-0.4, -0.2) is 5.91 Å². The third-order valence-corrected chi connectivity index (χ3v) is 2.20. The van der Waals surface area contributed by atoms with Gasteiger partial charge in [-0.05, 0) is 25.7 Å². The van der Waals surface area contributed by atoms with E-state index in [0.717, 1.165) is 18.8 Å². The molecule has 1 unspecified atom stereocenters. The Hall–Kier alpha value is -0.790. The molecule has 0 heterocycles. The van der Waals surface area contributed by atoms with Crippen molar-refractivity contribution in [3.63, 3.8) is 0 Å². The smallest absolute Gasteiger partial charge is 0.244 e. The second kappa shape index (κ2) is 5.81. The Bertz CT molecular complexity index is 173. The first-order valence-electron chi connectivity index (χ1n) is 4.54. The van der Waals surface area contributed by atoms with Crippen LogP contribution in [0.4, 0.5) is 0 Å². The summed E-state index contributed by atoms with van der Waals surface area (Å²) in [4.78, 5) is 10.6. The van der Waals surface area contributed by atoms with E-state index in [4.69, 9.17) is 5.73 Å². The molecule has 0 saturated carbocycles. The molecule has 0 saturated heterocycles. The third-order valence-electron chi connectivity index (χ3n) is 2.20. The number of rotatable bonds is 5. The van der Waals surface area contributed by atoms with Crippen LogP contribution in [0, 0.1) is 5.92 Å². The lowest BCUT2D eigenvalue weighted by Gasteiger charge is -2.04. The number of nitrogens with two attached hydrogens (primary N) is 1. The highest BCUT2D eigenvalue weighted by Crippen LogP contribution is 2.10. The third kappa shape index (κ3) is 4.94. The Morgan fingerprint density at radius 3 is 2.58 bits per heavy atom. The molecule has 12 heavy (non-hydrogen) atoms. The molecule has 0 aromatic rings. The first-order chi connectivity index (χ1) is 5.57. The number of primary amides is 1. The lowest BCUT2D eigenvalue weighted by atomic mass is 10.0. The Labute approximate surface area is 74.8 Å². The Balaban J connectivity index is 3.67. The molecule has 0 spiro atoms. The van der Waals surface area contributed by atoms with E-state index in [1.807, 2.05) is 6.08 Å². The second-order valence-electron chi connectivity index (χ2n) is 3.34. The normalized spacial score (nSPS) is 14.4. The van der Waals surface area contributed by atoms with E-state index in [-0.39, 0.29) is 5.91 Å². The molecule has 0 aliphatic heterocycles. The summed E-state index contributed by atoms with van der Waals surface area (Å²) < 4.78 is 0. The van der Waals surface area contributed by atoms with Crippen LogP contribution in [0.2, 0.25) is 0 Å². The van der Waals surface area contributed by atoms with E-state index in [1.165, 1.54) is 6.42 Å². The Morgan fingerprint density at radius 1 is 1.58 bits per heavy atom. The number of hydrogen-bond acceptors (Lipinski definition) is 1. The van der Waals surface area contributed by atoms with Gasteiger partial charge in [-0.25, -0.2) is 0 Å². The molecule has 0 aromatic heterocycles. The molecule has 2 N–H and O–H groups in total. The maximum atomic E-state index is 10.6. The van der Waals surface area contributed by atoms with Gasteiger partial charge in [0.05, 0.1) is 0 Å². The van der Waals surface area contributed by atoms with E-state index in [0.29, 0.717) is 5.57 Å². The standard InChI is InChI=1S/C10H19NO/c1-4-8(2)6-5-7-9(3)10(11)12/h7-8H,4-6H2,1-3H3,(H2,11,12)/b9-7+. The highest BCUT2D eigenvalue weighted by atomic mass is 16.1. The van der Waals surface area contributed by atoms with E-state index in [9.17, 15) is 4.79 Å². The van der Waals surface area contributed by atoms with Gasteiger partial charge in [0.25, 0.3) is 0 Å². The molecule has 2 nitrogen and oxygen atoms in total. The summed E-state index contributed by atoms with van der Waals surface area (Å²) in [6.07, 6.45) is 5.23. The molecular weight excluding hydrogens is 150 g/mol. The van der Waals surface area contributed by atoms with E-state index in [1.54, 1.807) is 6.92 Å². The molecule has 0 bridgehead atoms. The van der Waals surface area contributed by atoms with Gasteiger partial charge >= 0.3 is 0 Å². The zero-order chi connectivity index (χ0) is 9.56. The first kappa shape index (κ1) is 11.2. The lowest BCUT2D eigenvalue weighted by molar-refractivity contribution is -0.114. The number of carbonyl (C=O) groups is 1. The fourth-order valence-corrected chi connectivity index (χ4v) is 0.889. The average Bonchev–Trinajstić information content (AvgIpc) is 2.03. The fourth-order valence-electron chi connectivity index (χ4n) is 0.889. The van der Waals surface area contributed by atoms with Gasteiger partial charge in [-0.1, -0.05) is 26.3 Å². The molecule has 1 amide bonds. The molecule has 2 heteroatoms. The van der Waals surface area contributed by atoms with Crippen LogP contribution >= 0.6 is 0 Å². The van der Waals surface area contributed by atoms with Gasteiger partial charge in [0.1, 0.15) is 0 Å². The van der Waals surface area contributed by atoms with Gasteiger partial charge in [-0.3, -0.25) is 4.79 Å². The highest BCUT2D eigenvalue weighted by Gasteiger charge is 1.98. The average molecular weight is 169 g/mol. The molecule has 70 valence electrons. The summed E-state index contributed by atoms with van der Waals surface area (Å²) in [6.45, 7) is 6.15. The van der Waals surface area contributed by atoms with E-state index >= 15 is 0 Å². The summed E-state index contributed by atoms with van der Waals surface area (Å²) in [5.74, 6) is 0.432. The van der Waals surface area contributed by atoms with Crippen LogP contribution in [0.1, 0.15) is 40.0 Å². The van der Waals surface area contributed by atoms with Crippen molar-refractivity contribution in [2.45, 2.75) is 40.0 Å². The number of carbonyl (C=O) groups excluding carboxylic acids is 1. The zero-order valence-corrected chi connectivity index (χ0v) is 8.26. The van der Waals surface area contributed by atoms with Gasteiger partial charge in [-0.15, -0.1) is 0 Å². The quantitative estimate of drug-likeness (QED) is 0.630. The van der Waals surface area contributed by atoms with Crippen LogP contribution in [0.25, 0.3) is 0 Å². The van der Waals surface area contributed by atoms with Crippen LogP contribution in [-0.2, 0) is 4.79 Å². The topological polar surface area (TPSA) is 43.1 Å². The molecule has 0 aliphatic rings. The van der Waals surface area contributed by atoms with Crippen LogP contribution in [0.5, 0.6) is 0 Å². The number of allylic oxidation sites excluding steroid dienone is 1. The van der Waals surface area contributed by atoms with Crippen molar-refractivity contribution < 1.29 is 4.79 Å². The van der Waals surface area contributed by atoms with Crippen LogP contribution in [0.3, 0.4) is 0 Å². The lowest BCUT2D eigenvalue weighted by Crippen LogP contribution is -2.11. The maximum absolute atomic E-state index is 10.6. The molecule has 0 radical (unpaired) electrons. The maximum Gasteiger partial charge on any atom is 0.244 e. The predicted octanol–water partition coefficient (Wildman–Crippen LogP) is 2.24. The highest BCUT2D eigenvalue weighted by molar-refractivity contribution is 5.91. The molecule has 0 aliphatic carbocycles. The minimum absolute atomic E-state index is 0.306. The van der Waals surface area contributed by atoms with Crippen LogP contribution in [0.15, 0.2) is 11.6 Å². The predicted molar refractivity (Wildman–Crippen MR) is 51.6 cm³/mol. The van der Waals surface area contributed by atoms with Crippen LogP contribution < -0.4 is 5.73 Å². The zero-order valence-electron chi connectivity index (χ0n) is 8.26. The van der Waals surface area contributed by atoms with Crippen molar-refractivity contribution >= 4 is 5.91 Å². The van der Waals surface area contributed by atoms with Gasteiger partial charge in [0.15, 0.2) is 0 Å². The summed E-state index contributed by atoms with van der Waals surface area (Å²) in [7, 11) is 0. The minimum atomic E-state index is -0.306. The summed E-state index contributed by atoms with van der Waals surface area (Å²) in [6, 6.07) is 0. The molecule has 0 aromatic carbocycles. The van der Waals surface area contributed by atoms with Gasteiger partial charge < -0.3 is 5.73 Å². The van der Waals surface area contributed by atoms with Crippen molar-refractivity contribution in [1.82, 2.24) is 0 Å². The molecule has 0 fully saturated rings. The molecule has 1 atom stereocenters. The summed E-state index contributed by atoms with van der Waals surface area (Å²) in [5, 5.41) is 0. The van der Waals surface area contributed by atoms with Crippen molar-refractivity contribution in [2.24, 2.45) is 11.7 Å². The van der Waals surface area contributed by atoms with E-state index < -0.39 is 0 Å². The second-order valence-corrected chi connectivity index (χ2v) is 3.34. The Kier molecular flexibility index (Phi) is 5.43.